The lowest BCUT2D eigenvalue weighted by Crippen LogP contribution is -2.20. The van der Waals surface area contributed by atoms with Crippen LogP contribution in [0.2, 0.25) is 0 Å². The van der Waals surface area contributed by atoms with E-state index in [9.17, 15) is 4.79 Å². The van der Waals surface area contributed by atoms with Gasteiger partial charge >= 0.3 is 0 Å². The Morgan fingerprint density at radius 3 is 2.83 bits per heavy atom. The Balaban J connectivity index is 1.52. The molecule has 1 heterocycles. The molecule has 6 heteroatoms. The number of benzene rings is 2. The molecule has 1 aliphatic rings. The summed E-state index contributed by atoms with van der Waals surface area (Å²) in [6.07, 6.45) is 5.51. The number of carbonyl (C=O) groups is 1. The van der Waals surface area contributed by atoms with Gasteiger partial charge in [0, 0.05) is 19.2 Å². The highest BCUT2D eigenvalue weighted by Crippen LogP contribution is 2.29. The molecule has 1 atom stereocenters. The molecule has 3 rings (SSSR count). The fourth-order valence-electron chi connectivity index (χ4n) is 3.06. The molecule has 0 bridgehead atoms. The molecule has 0 aliphatic carbocycles. The molecule has 2 aromatic rings. The third-order valence-corrected chi connectivity index (χ3v) is 4.66. The van der Waals surface area contributed by atoms with E-state index in [2.05, 4.69) is 5.32 Å². The molecule has 29 heavy (non-hydrogen) atoms. The first kappa shape index (κ1) is 20.7. The van der Waals surface area contributed by atoms with Gasteiger partial charge in [-0.1, -0.05) is 18.2 Å². The van der Waals surface area contributed by atoms with E-state index in [1.165, 1.54) is 6.08 Å². The van der Waals surface area contributed by atoms with Crippen LogP contribution in [0.15, 0.2) is 48.5 Å². The zero-order valence-electron chi connectivity index (χ0n) is 16.9. The summed E-state index contributed by atoms with van der Waals surface area (Å²) < 4.78 is 22.0. The van der Waals surface area contributed by atoms with E-state index in [0.29, 0.717) is 24.7 Å². The molecule has 1 amide bonds. The van der Waals surface area contributed by atoms with Crippen molar-refractivity contribution in [3.8, 4) is 17.2 Å². The Hall–Kier alpha value is -2.99. The second kappa shape index (κ2) is 10.5. The van der Waals surface area contributed by atoms with E-state index in [1.807, 2.05) is 42.5 Å². The van der Waals surface area contributed by atoms with Crippen molar-refractivity contribution in [3.05, 3.63) is 59.7 Å². The van der Waals surface area contributed by atoms with Crippen LogP contribution in [-0.2, 0) is 16.1 Å². The number of rotatable bonds is 9. The average Bonchev–Trinajstić information content (AvgIpc) is 3.28. The maximum absolute atomic E-state index is 12.1. The monoisotopic (exact) mass is 397 g/mol. The van der Waals surface area contributed by atoms with Crippen molar-refractivity contribution in [2.24, 2.45) is 0 Å². The molecule has 2 aromatic carbocycles. The van der Waals surface area contributed by atoms with Gasteiger partial charge in [0.15, 0.2) is 11.5 Å². The smallest absolute Gasteiger partial charge is 0.244 e. The zero-order chi connectivity index (χ0) is 20.5. The lowest BCUT2D eigenvalue weighted by Gasteiger charge is -2.15. The third-order valence-electron chi connectivity index (χ3n) is 4.66. The summed E-state index contributed by atoms with van der Waals surface area (Å²) in [6.45, 7) is 1.71. The van der Waals surface area contributed by atoms with Gasteiger partial charge in [0.2, 0.25) is 5.91 Å². The van der Waals surface area contributed by atoms with Crippen molar-refractivity contribution in [3.63, 3.8) is 0 Å². The number of hydrogen-bond acceptors (Lipinski definition) is 5. The first-order valence-electron chi connectivity index (χ1n) is 9.69. The molecule has 6 nitrogen and oxygen atoms in total. The second-order valence-corrected chi connectivity index (χ2v) is 6.76. The van der Waals surface area contributed by atoms with Gasteiger partial charge in [0.05, 0.1) is 20.3 Å². The summed E-state index contributed by atoms with van der Waals surface area (Å²) >= 11 is 0. The van der Waals surface area contributed by atoms with E-state index in [4.69, 9.17) is 18.9 Å². The molecular weight excluding hydrogens is 370 g/mol. The van der Waals surface area contributed by atoms with Gasteiger partial charge in [-0.2, -0.15) is 0 Å². The number of ether oxygens (including phenoxy) is 4. The molecule has 0 radical (unpaired) electrons. The fourth-order valence-corrected chi connectivity index (χ4v) is 3.06. The fraction of sp³-hybridized carbons (Fsp3) is 0.348. The normalized spacial score (nSPS) is 16.0. The Kier molecular flexibility index (Phi) is 7.53. The van der Waals surface area contributed by atoms with Gasteiger partial charge in [-0.15, -0.1) is 0 Å². The van der Waals surface area contributed by atoms with Crippen LogP contribution in [0.25, 0.3) is 6.08 Å². The van der Waals surface area contributed by atoms with Gasteiger partial charge in [0.1, 0.15) is 12.4 Å². The molecular formula is C23H27NO5. The summed E-state index contributed by atoms with van der Waals surface area (Å²) in [7, 11) is 3.22. The number of nitrogens with one attached hydrogen (secondary N) is 1. The summed E-state index contributed by atoms with van der Waals surface area (Å²) in [4.78, 5) is 12.1. The maximum atomic E-state index is 12.1. The molecule has 0 spiro atoms. The highest BCUT2D eigenvalue weighted by molar-refractivity contribution is 5.91. The van der Waals surface area contributed by atoms with E-state index >= 15 is 0 Å². The van der Waals surface area contributed by atoms with Gasteiger partial charge in [-0.25, -0.2) is 0 Å². The summed E-state index contributed by atoms with van der Waals surface area (Å²) in [5.41, 5.74) is 1.82. The van der Waals surface area contributed by atoms with Crippen LogP contribution >= 0.6 is 0 Å². The molecule has 1 aliphatic heterocycles. The zero-order valence-corrected chi connectivity index (χ0v) is 16.9. The van der Waals surface area contributed by atoms with Crippen LogP contribution in [0.1, 0.15) is 24.0 Å². The molecule has 1 unspecified atom stereocenters. The number of methoxy groups -OCH3 is 2. The van der Waals surface area contributed by atoms with Crippen LogP contribution in [0, 0.1) is 0 Å². The summed E-state index contributed by atoms with van der Waals surface area (Å²) in [5, 5.41) is 2.87. The number of amides is 1. The van der Waals surface area contributed by atoms with Crippen molar-refractivity contribution in [2.45, 2.75) is 25.5 Å². The minimum atomic E-state index is -0.175. The van der Waals surface area contributed by atoms with Crippen molar-refractivity contribution >= 4 is 12.0 Å². The highest BCUT2D eigenvalue weighted by atomic mass is 16.5. The van der Waals surface area contributed by atoms with E-state index in [1.54, 1.807) is 20.3 Å². The molecule has 1 saturated heterocycles. The predicted octanol–water partition coefficient (Wildman–Crippen LogP) is 3.59. The Morgan fingerprint density at radius 1 is 1.17 bits per heavy atom. The average molecular weight is 397 g/mol. The second-order valence-electron chi connectivity index (χ2n) is 6.76. The van der Waals surface area contributed by atoms with Crippen molar-refractivity contribution in [2.75, 3.05) is 27.4 Å². The predicted molar refractivity (Wildman–Crippen MR) is 111 cm³/mol. The van der Waals surface area contributed by atoms with Crippen LogP contribution in [-0.4, -0.2) is 39.4 Å². The molecule has 1 N–H and O–H groups in total. The first-order chi connectivity index (χ1) is 14.2. The highest BCUT2D eigenvalue weighted by Gasteiger charge is 2.17. The van der Waals surface area contributed by atoms with Crippen molar-refractivity contribution in [1.82, 2.24) is 5.32 Å². The Bertz CT molecular complexity index is 843. The minimum Gasteiger partial charge on any atom is -0.497 e. The van der Waals surface area contributed by atoms with Gasteiger partial charge < -0.3 is 24.3 Å². The Morgan fingerprint density at radius 2 is 2.07 bits per heavy atom. The van der Waals surface area contributed by atoms with Gasteiger partial charge in [-0.05, 0) is 54.3 Å². The van der Waals surface area contributed by atoms with Gasteiger partial charge in [-0.3, -0.25) is 4.79 Å². The standard InChI is InChI=1S/C23H27NO5/c1-26-19-6-3-5-17(13-19)9-11-23(25)24-15-18-8-10-21(22(14-18)27-2)29-16-20-7-4-12-28-20/h3,5-6,8-11,13-14,20H,4,7,12,15-16H2,1-2H3,(H,24,25)/b11-9+. The SMILES string of the molecule is COc1cccc(/C=C/C(=O)NCc2ccc(OCC3CCCO3)c(OC)c2)c1. The topological polar surface area (TPSA) is 66.0 Å². The van der Waals surface area contributed by atoms with E-state index in [0.717, 1.165) is 36.3 Å². The quantitative estimate of drug-likeness (QED) is 0.655. The number of carbonyl (C=O) groups excluding carboxylic acids is 1. The summed E-state index contributed by atoms with van der Waals surface area (Å²) in [5.74, 6) is 1.89. The van der Waals surface area contributed by atoms with E-state index in [-0.39, 0.29) is 12.0 Å². The first-order valence-corrected chi connectivity index (χ1v) is 9.69. The van der Waals surface area contributed by atoms with Crippen LogP contribution in [0.4, 0.5) is 0 Å². The largest absolute Gasteiger partial charge is 0.497 e. The molecule has 0 saturated carbocycles. The van der Waals surface area contributed by atoms with Crippen LogP contribution < -0.4 is 19.5 Å². The van der Waals surface area contributed by atoms with Gasteiger partial charge in [0.25, 0.3) is 0 Å². The van der Waals surface area contributed by atoms with Crippen LogP contribution in [0.3, 0.4) is 0 Å². The minimum absolute atomic E-state index is 0.148. The van der Waals surface area contributed by atoms with E-state index < -0.39 is 0 Å². The Labute approximate surface area is 171 Å². The molecule has 1 fully saturated rings. The molecule has 154 valence electrons. The lowest BCUT2D eigenvalue weighted by atomic mass is 10.2. The van der Waals surface area contributed by atoms with Crippen molar-refractivity contribution < 1.29 is 23.7 Å². The maximum Gasteiger partial charge on any atom is 0.244 e. The van der Waals surface area contributed by atoms with Crippen LogP contribution in [0.5, 0.6) is 17.2 Å². The number of hydrogen-bond donors (Lipinski definition) is 1. The lowest BCUT2D eigenvalue weighted by molar-refractivity contribution is -0.116. The summed E-state index contributed by atoms with van der Waals surface area (Å²) in [6, 6.07) is 13.2. The third kappa shape index (κ3) is 6.26. The van der Waals surface area contributed by atoms with Crippen molar-refractivity contribution in [1.29, 1.82) is 0 Å². The molecule has 0 aromatic heterocycles.